The maximum atomic E-state index is 12.9. The van der Waals surface area contributed by atoms with Gasteiger partial charge in [0.05, 0.1) is 10.6 Å². The highest BCUT2D eigenvalue weighted by Crippen LogP contribution is 2.33. The highest BCUT2D eigenvalue weighted by atomic mass is 35.5. The van der Waals surface area contributed by atoms with Crippen molar-refractivity contribution in [3.63, 3.8) is 0 Å². The lowest BCUT2D eigenvalue weighted by atomic mass is 10.0. The first-order valence-corrected chi connectivity index (χ1v) is 8.63. The third-order valence-corrected chi connectivity index (χ3v) is 5.69. The summed E-state index contributed by atoms with van der Waals surface area (Å²) in [7, 11) is -3.70. The van der Waals surface area contributed by atoms with Crippen LogP contribution in [0.5, 0.6) is 0 Å². The van der Waals surface area contributed by atoms with Crippen molar-refractivity contribution in [1.82, 2.24) is 0 Å². The van der Waals surface area contributed by atoms with Crippen molar-refractivity contribution >= 4 is 33.1 Å². The molecule has 3 rings (SSSR count). The van der Waals surface area contributed by atoms with Gasteiger partial charge in [-0.3, -0.25) is 9.10 Å². The van der Waals surface area contributed by atoms with Crippen LogP contribution < -0.4 is 4.31 Å². The Bertz CT molecular complexity index is 861. The van der Waals surface area contributed by atoms with Crippen molar-refractivity contribution in [1.29, 1.82) is 0 Å². The maximum Gasteiger partial charge on any atom is 0.264 e. The third kappa shape index (κ3) is 2.51. The van der Waals surface area contributed by atoms with Crippen LogP contribution in [0.3, 0.4) is 0 Å². The Kier molecular flexibility index (Phi) is 3.70. The van der Waals surface area contributed by atoms with E-state index in [-0.39, 0.29) is 23.6 Å². The van der Waals surface area contributed by atoms with Crippen LogP contribution in [0.15, 0.2) is 47.4 Å². The van der Waals surface area contributed by atoms with Gasteiger partial charge in [0.25, 0.3) is 10.0 Å². The molecular weight excluding hydrogens is 322 g/mol. The van der Waals surface area contributed by atoms with Gasteiger partial charge in [-0.1, -0.05) is 23.7 Å². The molecule has 0 bridgehead atoms. The Labute approximate surface area is 134 Å². The van der Waals surface area contributed by atoms with Crippen LogP contribution in [0.4, 0.5) is 5.69 Å². The SMILES string of the molecule is Cc1cccc(S(=O)(=O)N2CCC(=O)c3cc(Cl)ccc32)c1. The van der Waals surface area contributed by atoms with E-state index in [0.717, 1.165) is 5.56 Å². The van der Waals surface area contributed by atoms with Crippen LogP contribution in [0.2, 0.25) is 5.02 Å². The molecule has 1 heterocycles. The predicted octanol–water partition coefficient (Wildman–Crippen LogP) is 3.43. The molecular formula is C16H14ClNO3S. The van der Waals surface area contributed by atoms with Gasteiger partial charge in [0.15, 0.2) is 5.78 Å². The van der Waals surface area contributed by atoms with Crippen LogP contribution >= 0.6 is 11.6 Å². The molecule has 0 radical (unpaired) electrons. The molecule has 6 heteroatoms. The molecule has 1 aliphatic heterocycles. The van der Waals surface area contributed by atoms with Crippen molar-refractivity contribution in [2.24, 2.45) is 0 Å². The second-order valence-corrected chi connectivity index (χ2v) is 7.53. The smallest absolute Gasteiger partial charge is 0.264 e. The van der Waals surface area contributed by atoms with Crippen molar-refractivity contribution < 1.29 is 13.2 Å². The largest absolute Gasteiger partial charge is 0.294 e. The Balaban J connectivity index is 2.14. The third-order valence-electron chi connectivity index (χ3n) is 3.65. The number of hydrogen-bond donors (Lipinski definition) is 0. The molecule has 0 fully saturated rings. The lowest BCUT2D eigenvalue weighted by molar-refractivity contribution is 0.0982. The number of benzene rings is 2. The normalized spacial score (nSPS) is 14.8. The van der Waals surface area contributed by atoms with Crippen molar-refractivity contribution in [3.8, 4) is 0 Å². The zero-order valence-corrected chi connectivity index (χ0v) is 13.5. The van der Waals surface area contributed by atoms with Gasteiger partial charge < -0.3 is 0 Å². The van der Waals surface area contributed by atoms with Crippen molar-refractivity contribution in [2.45, 2.75) is 18.2 Å². The number of aryl methyl sites for hydroxylation is 1. The summed E-state index contributed by atoms with van der Waals surface area (Å²) in [5.74, 6) is -0.0896. The Morgan fingerprint density at radius 1 is 1.14 bits per heavy atom. The molecule has 1 aliphatic rings. The summed E-state index contributed by atoms with van der Waals surface area (Å²) in [6, 6.07) is 11.4. The summed E-state index contributed by atoms with van der Waals surface area (Å²) in [6.07, 6.45) is 0.151. The summed E-state index contributed by atoms with van der Waals surface area (Å²) in [6.45, 7) is 1.98. The number of ketones is 1. The Hall–Kier alpha value is -1.85. The minimum Gasteiger partial charge on any atom is -0.294 e. The summed E-state index contributed by atoms with van der Waals surface area (Å²) in [4.78, 5) is 12.2. The van der Waals surface area contributed by atoms with E-state index in [4.69, 9.17) is 11.6 Å². The first-order chi connectivity index (χ1) is 10.4. The zero-order valence-electron chi connectivity index (χ0n) is 11.9. The molecule has 0 amide bonds. The number of nitrogens with zero attached hydrogens (tertiary/aromatic N) is 1. The van der Waals surface area contributed by atoms with Gasteiger partial charge in [0.1, 0.15) is 0 Å². The number of sulfonamides is 1. The monoisotopic (exact) mass is 335 g/mol. The van der Waals surface area contributed by atoms with Gasteiger partial charge in [-0.15, -0.1) is 0 Å². The second-order valence-electron chi connectivity index (χ2n) is 5.23. The van der Waals surface area contributed by atoms with E-state index in [1.54, 1.807) is 30.3 Å². The molecule has 0 aromatic heterocycles. The molecule has 4 nitrogen and oxygen atoms in total. The first kappa shape index (κ1) is 15.1. The first-order valence-electron chi connectivity index (χ1n) is 6.82. The Morgan fingerprint density at radius 3 is 2.64 bits per heavy atom. The van der Waals surface area contributed by atoms with E-state index >= 15 is 0 Å². The number of halogens is 1. The van der Waals surface area contributed by atoms with Crippen LogP contribution in [0, 0.1) is 6.92 Å². The molecule has 114 valence electrons. The summed E-state index contributed by atoms with van der Waals surface area (Å²) < 4.78 is 27.0. The van der Waals surface area contributed by atoms with Gasteiger partial charge in [0.2, 0.25) is 0 Å². The number of carbonyl (C=O) groups is 1. The van der Waals surface area contributed by atoms with Gasteiger partial charge in [-0.2, -0.15) is 0 Å². The highest BCUT2D eigenvalue weighted by molar-refractivity contribution is 7.92. The fourth-order valence-corrected chi connectivity index (χ4v) is 4.32. The van der Waals surface area contributed by atoms with E-state index in [2.05, 4.69) is 0 Å². The summed E-state index contributed by atoms with van der Waals surface area (Å²) >= 11 is 5.92. The summed E-state index contributed by atoms with van der Waals surface area (Å²) in [5, 5.41) is 0.418. The molecule has 0 atom stereocenters. The number of rotatable bonds is 2. The van der Waals surface area contributed by atoms with Gasteiger partial charge in [-0.25, -0.2) is 8.42 Å². The van der Waals surface area contributed by atoms with Gasteiger partial charge in [0, 0.05) is 23.6 Å². The number of fused-ring (bicyclic) bond motifs is 1. The van der Waals surface area contributed by atoms with Crippen LogP contribution in [0.25, 0.3) is 0 Å². The van der Waals surface area contributed by atoms with E-state index < -0.39 is 10.0 Å². The number of anilines is 1. The fourth-order valence-electron chi connectivity index (χ4n) is 2.56. The minimum atomic E-state index is -3.70. The average molecular weight is 336 g/mol. The maximum absolute atomic E-state index is 12.9. The highest BCUT2D eigenvalue weighted by Gasteiger charge is 2.32. The number of hydrogen-bond acceptors (Lipinski definition) is 3. The van der Waals surface area contributed by atoms with Crippen LogP contribution in [-0.2, 0) is 10.0 Å². The number of carbonyl (C=O) groups excluding carboxylic acids is 1. The van der Waals surface area contributed by atoms with E-state index in [1.165, 1.54) is 10.4 Å². The van der Waals surface area contributed by atoms with Crippen molar-refractivity contribution in [2.75, 3.05) is 10.8 Å². The average Bonchev–Trinajstić information content (AvgIpc) is 2.48. The van der Waals surface area contributed by atoms with Crippen LogP contribution in [-0.4, -0.2) is 20.7 Å². The lowest BCUT2D eigenvalue weighted by Gasteiger charge is -2.29. The molecule has 22 heavy (non-hydrogen) atoms. The van der Waals surface area contributed by atoms with E-state index in [0.29, 0.717) is 16.3 Å². The van der Waals surface area contributed by atoms with E-state index in [1.807, 2.05) is 13.0 Å². The van der Waals surface area contributed by atoms with Crippen LogP contribution in [0.1, 0.15) is 22.3 Å². The van der Waals surface area contributed by atoms with E-state index in [9.17, 15) is 13.2 Å². The molecule has 0 spiro atoms. The van der Waals surface area contributed by atoms with Crippen molar-refractivity contribution in [3.05, 3.63) is 58.6 Å². The lowest BCUT2D eigenvalue weighted by Crippen LogP contribution is -2.37. The second kappa shape index (κ2) is 5.41. The number of Topliss-reactive ketones (excluding diaryl/α,β-unsaturated/α-hetero) is 1. The molecule has 0 saturated carbocycles. The van der Waals surface area contributed by atoms with Gasteiger partial charge in [-0.05, 0) is 42.8 Å². The molecule has 0 unspecified atom stereocenters. The fraction of sp³-hybridized carbons (Fsp3) is 0.188. The zero-order chi connectivity index (χ0) is 15.9. The molecule has 0 N–H and O–H groups in total. The standard InChI is InChI=1S/C16H14ClNO3S/c1-11-3-2-4-13(9-11)22(20,21)18-8-7-16(19)14-10-12(17)5-6-15(14)18/h2-6,9-10H,7-8H2,1H3. The van der Waals surface area contributed by atoms with Gasteiger partial charge >= 0.3 is 0 Å². The Morgan fingerprint density at radius 2 is 1.91 bits per heavy atom. The topological polar surface area (TPSA) is 54.5 Å². The minimum absolute atomic E-state index is 0.0896. The summed E-state index contributed by atoms with van der Waals surface area (Å²) in [5.41, 5.74) is 1.61. The quantitative estimate of drug-likeness (QED) is 0.844. The molecule has 0 aliphatic carbocycles. The molecule has 2 aromatic carbocycles. The predicted molar refractivity (Wildman–Crippen MR) is 86.1 cm³/mol. The molecule has 2 aromatic rings. The molecule has 0 saturated heterocycles.